The lowest BCUT2D eigenvalue weighted by atomic mass is 10.1. The molecule has 0 saturated carbocycles. The maximum absolute atomic E-state index is 6.05. The third-order valence-electron chi connectivity index (χ3n) is 2.20. The van der Waals surface area contributed by atoms with Crippen molar-refractivity contribution in [2.24, 2.45) is 0 Å². The van der Waals surface area contributed by atoms with Crippen LogP contribution in [0.25, 0.3) is 0 Å². The molecule has 2 nitrogen and oxygen atoms in total. The summed E-state index contributed by atoms with van der Waals surface area (Å²) in [6.45, 7) is 7.12. The Kier molecular flexibility index (Phi) is 5.09. The van der Waals surface area contributed by atoms with Crippen molar-refractivity contribution < 1.29 is 9.47 Å². The molecule has 0 bridgehead atoms. The lowest BCUT2D eigenvalue weighted by molar-refractivity contribution is -0.140. The Morgan fingerprint density at radius 3 is 2.33 bits per heavy atom. The van der Waals surface area contributed by atoms with Crippen LogP contribution in [-0.4, -0.2) is 13.2 Å². The Bertz CT molecular complexity index is 306. The second-order valence-corrected chi connectivity index (χ2v) is 3.60. The van der Waals surface area contributed by atoms with Crippen LogP contribution < -0.4 is 0 Å². The molecule has 15 heavy (non-hydrogen) atoms. The van der Waals surface area contributed by atoms with Crippen molar-refractivity contribution in [3.05, 3.63) is 34.3 Å². The van der Waals surface area contributed by atoms with Gasteiger partial charge in [0.2, 0.25) is 0 Å². The molecule has 0 unspecified atom stereocenters. The van der Waals surface area contributed by atoms with E-state index < -0.39 is 0 Å². The Balaban J connectivity index is 2.94. The molecule has 0 spiro atoms. The fraction of sp³-hybridized carbons (Fsp3) is 0.500. The van der Waals surface area contributed by atoms with Gasteiger partial charge in [-0.25, -0.2) is 0 Å². The molecule has 0 aliphatic heterocycles. The average Bonchev–Trinajstić information content (AvgIpc) is 2.22. The summed E-state index contributed by atoms with van der Waals surface area (Å²) in [6.07, 6.45) is -0.307. The summed E-state index contributed by atoms with van der Waals surface area (Å²) in [5.74, 6) is 0. The SMILES string of the molecule is CCOC(OCC)c1cccc(Cl)c1C. The molecule has 0 heterocycles. The molecule has 1 aromatic carbocycles. The number of benzene rings is 1. The Morgan fingerprint density at radius 1 is 1.20 bits per heavy atom. The number of ether oxygens (including phenoxy) is 2. The molecule has 0 N–H and O–H groups in total. The van der Waals surface area contributed by atoms with Gasteiger partial charge in [-0.15, -0.1) is 0 Å². The van der Waals surface area contributed by atoms with Gasteiger partial charge in [0.15, 0.2) is 6.29 Å². The van der Waals surface area contributed by atoms with E-state index in [2.05, 4.69) is 0 Å². The highest BCUT2D eigenvalue weighted by molar-refractivity contribution is 6.31. The predicted octanol–water partition coefficient (Wildman–Crippen LogP) is 3.72. The molecule has 1 rings (SSSR count). The zero-order chi connectivity index (χ0) is 11.3. The fourth-order valence-electron chi connectivity index (χ4n) is 1.41. The molecule has 0 aliphatic carbocycles. The summed E-state index contributed by atoms with van der Waals surface area (Å²) in [4.78, 5) is 0. The largest absolute Gasteiger partial charge is 0.349 e. The van der Waals surface area contributed by atoms with Gasteiger partial charge in [-0.1, -0.05) is 23.7 Å². The van der Waals surface area contributed by atoms with E-state index in [4.69, 9.17) is 21.1 Å². The lowest BCUT2D eigenvalue weighted by Gasteiger charge is -2.19. The van der Waals surface area contributed by atoms with E-state index in [0.29, 0.717) is 13.2 Å². The van der Waals surface area contributed by atoms with Crippen molar-refractivity contribution in [3.63, 3.8) is 0 Å². The summed E-state index contributed by atoms with van der Waals surface area (Å²) in [6, 6.07) is 5.77. The molecule has 84 valence electrons. The van der Waals surface area contributed by atoms with Crippen LogP contribution in [0.1, 0.15) is 31.3 Å². The van der Waals surface area contributed by atoms with E-state index in [0.717, 1.165) is 16.1 Å². The first-order valence-corrected chi connectivity index (χ1v) is 5.56. The number of hydrogen-bond donors (Lipinski definition) is 0. The Hall–Kier alpha value is -0.570. The van der Waals surface area contributed by atoms with Gasteiger partial charge in [0.1, 0.15) is 0 Å². The average molecular weight is 229 g/mol. The first-order chi connectivity index (χ1) is 7.20. The first kappa shape index (κ1) is 12.5. The minimum absolute atomic E-state index is 0.307. The number of rotatable bonds is 5. The van der Waals surface area contributed by atoms with Crippen LogP contribution in [-0.2, 0) is 9.47 Å². The second-order valence-electron chi connectivity index (χ2n) is 3.20. The highest BCUT2D eigenvalue weighted by Crippen LogP contribution is 2.27. The minimum Gasteiger partial charge on any atom is -0.349 e. The smallest absolute Gasteiger partial charge is 0.184 e. The third-order valence-corrected chi connectivity index (χ3v) is 2.61. The number of hydrogen-bond acceptors (Lipinski definition) is 2. The monoisotopic (exact) mass is 228 g/mol. The Labute approximate surface area is 96.2 Å². The molecule has 0 atom stereocenters. The maximum Gasteiger partial charge on any atom is 0.184 e. The van der Waals surface area contributed by atoms with Crippen LogP contribution >= 0.6 is 11.6 Å². The molecule has 0 radical (unpaired) electrons. The quantitative estimate of drug-likeness (QED) is 0.716. The van der Waals surface area contributed by atoms with E-state index in [1.54, 1.807) is 0 Å². The second kappa shape index (κ2) is 6.11. The predicted molar refractivity (Wildman–Crippen MR) is 62.2 cm³/mol. The van der Waals surface area contributed by atoms with E-state index in [1.165, 1.54) is 0 Å². The molecular weight excluding hydrogens is 212 g/mol. The molecule has 0 fully saturated rings. The van der Waals surface area contributed by atoms with Gasteiger partial charge < -0.3 is 9.47 Å². The van der Waals surface area contributed by atoms with Crippen LogP contribution in [0.4, 0.5) is 0 Å². The summed E-state index contributed by atoms with van der Waals surface area (Å²) in [5, 5.41) is 0.747. The highest BCUT2D eigenvalue weighted by atomic mass is 35.5. The third kappa shape index (κ3) is 3.20. The van der Waals surface area contributed by atoms with Crippen LogP contribution in [0, 0.1) is 6.92 Å². The highest BCUT2D eigenvalue weighted by Gasteiger charge is 2.14. The number of halogens is 1. The van der Waals surface area contributed by atoms with Gasteiger partial charge in [0.25, 0.3) is 0 Å². The summed E-state index contributed by atoms with van der Waals surface area (Å²) >= 11 is 6.05. The van der Waals surface area contributed by atoms with Crippen LogP contribution in [0.15, 0.2) is 18.2 Å². The van der Waals surface area contributed by atoms with Crippen molar-refractivity contribution in [2.75, 3.05) is 13.2 Å². The molecule has 0 aromatic heterocycles. The van der Waals surface area contributed by atoms with Gasteiger partial charge in [0, 0.05) is 23.8 Å². The fourth-order valence-corrected chi connectivity index (χ4v) is 1.59. The maximum atomic E-state index is 6.05. The molecule has 1 aromatic rings. The van der Waals surface area contributed by atoms with Crippen molar-refractivity contribution in [1.29, 1.82) is 0 Å². The molecule has 0 aliphatic rings. The molecule has 0 amide bonds. The topological polar surface area (TPSA) is 18.5 Å². The van der Waals surface area contributed by atoms with E-state index >= 15 is 0 Å². The molecule has 0 saturated heterocycles. The van der Waals surface area contributed by atoms with Gasteiger partial charge in [0.05, 0.1) is 0 Å². The normalized spacial score (nSPS) is 11.0. The Morgan fingerprint density at radius 2 is 1.80 bits per heavy atom. The zero-order valence-electron chi connectivity index (χ0n) is 9.42. The summed E-state index contributed by atoms with van der Waals surface area (Å²) in [7, 11) is 0. The molecular formula is C12H17ClO2. The van der Waals surface area contributed by atoms with E-state index in [1.807, 2.05) is 39.0 Å². The van der Waals surface area contributed by atoms with E-state index in [-0.39, 0.29) is 6.29 Å². The van der Waals surface area contributed by atoms with Crippen LogP contribution in [0.5, 0.6) is 0 Å². The van der Waals surface area contributed by atoms with Crippen LogP contribution in [0.2, 0.25) is 5.02 Å². The summed E-state index contributed by atoms with van der Waals surface area (Å²) < 4.78 is 11.0. The van der Waals surface area contributed by atoms with Crippen LogP contribution in [0.3, 0.4) is 0 Å². The van der Waals surface area contributed by atoms with Gasteiger partial charge in [-0.3, -0.25) is 0 Å². The first-order valence-electron chi connectivity index (χ1n) is 5.18. The minimum atomic E-state index is -0.307. The van der Waals surface area contributed by atoms with Gasteiger partial charge >= 0.3 is 0 Å². The standard InChI is InChI=1S/C12H17ClO2/c1-4-14-12(15-5-2)10-7-6-8-11(13)9(10)3/h6-8,12H,4-5H2,1-3H3. The zero-order valence-corrected chi connectivity index (χ0v) is 10.2. The van der Waals surface area contributed by atoms with Gasteiger partial charge in [-0.2, -0.15) is 0 Å². The summed E-state index contributed by atoms with van der Waals surface area (Å²) in [5.41, 5.74) is 2.03. The lowest BCUT2D eigenvalue weighted by Crippen LogP contribution is -2.10. The van der Waals surface area contributed by atoms with Crippen molar-refractivity contribution in [2.45, 2.75) is 27.1 Å². The molecule has 3 heteroatoms. The van der Waals surface area contributed by atoms with Crippen molar-refractivity contribution >= 4 is 11.6 Å². The van der Waals surface area contributed by atoms with E-state index in [9.17, 15) is 0 Å². The van der Waals surface area contributed by atoms with Crippen molar-refractivity contribution in [3.8, 4) is 0 Å². The van der Waals surface area contributed by atoms with Crippen molar-refractivity contribution in [1.82, 2.24) is 0 Å². The van der Waals surface area contributed by atoms with Gasteiger partial charge in [-0.05, 0) is 32.4 Å².